The third-order valence-corrected chi connectivity index (χ3v) is 5.14. The molecule has 2 aliphatic heterocycles. The van der Waals surface area contributed by atoms with E-state index in [9.17, 15) is 0 Å². The summed E-state index contributed by atoms with van der Waals surface area (Å²) >= 11 is 0. The van der Waals surface area contributed by atoms with Crippen molar-refractivity contribution in [1.82, 2.24) is 15.6 Å². The summed E-state index contributed by atoms with van der Waals surface area (Å²) in [6, 6.07) is 4.25. The molecule has 2 aliphatic rings. The number of nitrogens with zero attached hydrogens (tertiary/aromatic N) is 3. The highest BCUT2D eigenvalue weighted by atomic mass is 16.5. The first-order valence-electron chi connectivity index (χ1n) is 10.7. The average molecular weight is 390 g/mol. The van der Waals surface area contributed by atoms with Gasteiger partial charge in [0, 0.05) is 51.5 Å². The molecule has 28 heavy (non-hydrogen) atoms. The fourth-order valence-corrected chi connectivity index (χ4v) is 3.50. The summed E-state index contributed by atoms with van der Waals surface area (Å²) in [5.41, 5.74) is 1.13. The molecule has 1 aromatic heterocycles. The van der Waals surface area contributed by atoms with Gasteiger partial charge >= 0.3 is 0 Å². The molecule has 1 aromatic rings. The molecule has 2 N–H and O–H groups in total. The highest BCUT2D eigenvalue weighted by Crippen LogP contribution is 2.17. The van der Waals surface area contributed by atoms with E-state index in [2.05, 4.69) is 44.6 Å². The van der Waals surface area contributed by atoms with Crippen LogP contribution in [-0.4, -0.2) is 63.6 Å². The van der Waals surface area contributed by atoms with E-state index < -0.39 is 0 Å². The molecule has 0 amide bonds. The Hall–Kier alpha value is -1.86. The van der Waals surface area contributed by atoms with Crippen LogP contribution in [0.5, 0.6) is 0 Å². The van der Waals surface area contributed by atoms with Crippen molar-refractivity contribution in [3.8, 4) is 0 Å². The standard InChI is InChI=1S/C21H35N5O2/c1-2-22-21(23-9-5-12-27-16-19-8-13-28-17-19)25-15-18-6-7-20(24-14-18)26-10-3-4-11-26/h6-7,14,19H,2-5,8-13,15-17H2,1H3,(H2,22,23,25). The molecule has 3 heterocycles. The fraction of sp³-hybridized carbons (Fsp3) is 0.714. The number of anilines is 1. The maximum atomic E-state index is 5.75. The molecule has 0 saturated carbocycles. The van der Waals surface area contributed by atoms with Crippen molar-refractivity contribution < 1.29 is 9.47 Å². The first-order valence-corrected chi connectivity index (χ1v) is 10.7. The maximum Gasteiger partial charge on any atom is 0.191 e. The summed E-state index contributed by atoms with van der Waals surface area (Å²) in [4.78, 5) is 11.6. The van der Waals surface area contributed by atoms with Gasteiger partial charge in [0.15, 0.2) is 5.96 Å². The molecular weight excluding hydrogens is 354 g/mol. The van der Waals surface area contributed by atoms with Crippen molar-refractivity contribution in [2.24, 2.45) is 10.9 Å². The van der Waals surface area contributed by atoms with E-state index in [0.717, 1.165) is 82.8 Å². The second-order valence-electron chi connectivity index (χ2n) is 7.50. The molecule has 156 valence electrons. The fourth-order valence-electron chi connectivity index (χ4n) is 3.50. The minimum absolute atomic E-state index is 0.581. The number of rotatable bonds is 10. The van der Waals surface area contributed by atoms with Crippen molar-refractivity contribution in [3.63, 3.8) is 0 Å². The maximum absolute atomic E-state index is 5.75. The topological polar surface area (TPSA) is 71.0 Å². The third kappa shape index (κ3) is 6.95. The normalized spacial score (nSPS) is 20.0. The monoisotopic (exact) mass is 389 g/mol. The predicted molar refractivity (Wildman–Crippen MR) is 113 cm³/mol. The van der Waals surface area contributed by atoms with Gasteiger partial charge in [0.25, 0.3) is 0 Å². The quantitative estimate of drug-likeness (QED) is 0.363. The van der Waals surface area contributed by atoms with Gasteiger partial charge in [0.1, 0.15) is 5.82 Å². The average Bonchev–Trinajstić information content (AvgIpc) is 3.43. The summed E-state index contributed by atoms with van der Waals surface area (Å²) in [5.74, 6) is 2.51. The minimum Gasteiger partial charge on any atom is -0.381 e. The summed E-state index contributed by atoms with van der Waals surface area (Å²) in [7, 11) is 0. The molecule has 7 nitrogen and oxygen atoms in total. The van der Waals surface area contributed by atoms with Crippen LogP contribution in [0.4, 0.5) is 5.82 Å². The van der Waals surface area contributed by atoms with E-state index >= 15 is 0 Å². The van der Waals surface area contributed by atoms with Crippen LogP contribution in [0.25, 0.3) is 0 Å². The SMILES string of the molecule is CCNC(=NCc1ccc(N2CCCC2)nc1)NCCCOCC1CCOC1. The Balaban J connectivity index is 1.35. The number of hydrogen-bond acceptors (Lipinski definition) is 5. The molecule has 0 spiro atoms. The smallest absolute Gasteiger partial charge is 0.191 e. The van der Waals surface area contributed by atoms with Gasteiger partial charge in [-0.2, -0.15) is 0 Å². The van der Waals surface area contributed by atoms with Gasteiger partial charge in [-0.1, -0.05) is 6.07 Å². The Bertz CT molecular complexity index is 581. The summed E-state index contributed by atoms with van der Waals surface area (Å²) < 4.78 is 11.1. The number of aromatic nitrogens is 1. The molecule has 2 fully saturated rings. The first-order chi connectivity index (χ1) is 13.8. The van der Waals surface area contributed by atoms with E-state index in [1.165, 1.54) is 12.8 Å². The van der Waals surface area contributed by atoms with E-state index in [4.69, 9.17) is 9.47 Å². The van der Waals surface area contributed by atoms with Gasteiger partial charge in [-0.25, -0.2) is 9.98 Å². The number of ether oxygens (including phenoxy) is 2. The Morgan fingerprint density at radius 1 is 1.32 bits per heavy atom. The zero-order chi connectivity index (χ0) is 19.4. The zero-order valence-electron chi connectivity index (χ0n) is 17.2. The highest BCUT2D eigenvalue weighted by molar-refractivity contribution is 5.79. The van der Waals surface area contributed by atoms with Crippen molar-refractivity contribution in [3.05, 3.63) is 23.9 Å². The number of pyridine rings is 1. The number of guanidine groups is 1. The third-order valence-electron chi connectivity index (χ3n) is 5.14. The van der Waals surface area contributed by atoms with E-state index in [1.54, 1.807) is 0 Å². The van der Waals surface area contributed by atoms with Crippen LogP contribution in [0, 0.1) is 5.92 Å². The van der Waals surface area contributed by atoms with Crippen LogP contribution in [0.3, 0.4) is 0 Å². The van der Waals surface area contributed by atoms with Gasteiger partial charge < -0.3 is 25.0 Å². The van der Waals surface area contributed by atoms with Crippen molar-refractivity contribution in [1.29, 1.82) is 0 Å². The summed E-state index contributed by atoms with van der Waals surface area (Å²) in [5, 5.41) is 6.68. The zero-order valence-corrected chi connectivity index (χ0v) is 17.2. The molecular formula is C21H35N5O2. The second kappa shape index (κ2) is 11.9. The van der Waals surface area contributed by atoms with Gasteiger partial charge in [0.05, 0.1) is 19.8 Å². The van der Waals surface area contributed by atoms with E-state index in [-0.39, 0.29) is 0 Å². The van der Waals surface area contributed by atoms with Crippen LogP contribution in [0.1, 0.15) is 38.2 Å². The molecule has 0 aromatic carbocycles. The van der Waals surface area contributed by atoms with Crippen LogP contribution < -0.4 is 15.5 Å². The molecule has 3 rings (SSSR count). The van der Waals surface area contributed by atoms with E-state index in [0.29, 0.717) is 12.5 Å². The van der Waals surface area contributed by atoms with Gasteiger partial charge in [0.2, 0.25) is 0 Å². The minimum atomic E-state index is 0.581. The van der Waals surface area contributed by atoms with Crippen LogP contribution in [0.2, 0.25) is 0 Å². The van der Waals surface area contributed by atoms with Crippen LogP contribution in [-0.2, 0) is 16.0 Å². The Labute approximate surface area is 168 Å². The van der Waals surface area contributed by atoms with Crippen molar-refractivity contribution in [2.45, 2.75) is 39.2 Å². The van der Waals surface area contributed by atoms with Gasteiger partial charge in [-0.15, -0.1) is 0 Å². The van der Waals surface area contributed by atoms with Crippen molar-refractivity contribution in [2.75, 3.05) is 57.5 Å². The summed E-state index contributed by atoms with van der Waals surface area (Å²) in [6.45, 7) is 9.96. The largest absolute Gasteiger partial charge is 0.381 e. The molecule has 0 radical (unpaired) electrons. The lowest BCUT2D eigenvalue weighted by atomic mass is 10.1. The molecule has 1 unspecified atom stereocenters. The number of hydrogen-bond donors (Lipinski definition) is 2. The van der Waals surface area contributed by atoms with Gasteiger partial charge in [-0.3, -0.25) is 0 Å². The van der Waals surface area contributed by atoms with E-state index in [1.807, 2.05) is 6.20 Å². The molecule has 0 aliphatic carbocycles. The second-order valence-corrected chi connectivity index (χ2v) is 7.50. The number of aliphatic imine (C=N–C) groups is 1. The molecule has 2 saturated heterocycles. The predicted octanol–water partition coefficient (Wildman–Crippen LogP) is 2.18. The Kier molecular flexibility index (Phi) is 8.84. The summed E-state index contributed by atoms with van der Waals surface area (Å²) in [6.07, 6.45) is 6.58. The van der Waals surface area contributed by atoms with Crippen LogP contribution >= 0.6 is 0 Å². The highest BCUT2D eigenvalue weighted by Gasteiger charge is 2.15. The van der Waals surface area contributed by atoms with Crippen LogP contribution in [0.15, 0.2) is 23.3 Å². The first kappa shape index (κ1) is 20.9. The number of nitrogens with one attached hydrogen (secondary N) is 2. The Morgan fingerprint density at radius 2 is 2.21 bits per heavy atom. The lowest BCUT2D eigenvalue weighted by Gasteiger charge is -2.16. The Morgan fingerprint density at radius 3 is 2.93 bits per heavy atom. The molecule has 1 atom stereocenters. The molecule has 0 bridgehead atoms. The molecule has 7 heteroatoms. The van der Waals surface area contributed by atoms with Gasteiger partial charge in [-0.05, 0) is 44.2 Å². The lowest BCUT2D eigenvalue weighted by Crippen LogP contribution is -2.38. The van der Waals surface area contributed by atoms with Crippen molar-refractivity contribution >= 4 is 11.8 Å². The lowest BCUT2D eigenvalue weighted by molar-refractivity contribution is 0.0888.